The van der Waals surface area contributed by atoms with Crippen molar-refractivity contribution < 1.29 is 4.74 Å². The fourth-order valence-electron chi connectivity index (χ4n) is 1.72. The predicted molar refractivity (Wildman–Crippen MR) is 76.9 cm³/mol. The van der Waals surface area contributed by atoms with Crippen molar-refractivity contribution >= 4 is 22.9 Å². The van der Waals surface area contributed by atoms with Gasteiger partial charge in [-0.1, -0.05) is 29.8 Å². The minimum atomic E-state index is 0.535. The molecule has 18 heavy (non-hydrogen) atoms. The fourth-order valence-corrected chi connectivity index (χ4v) is 2.83. The Hall–Kier alpha value is -0.870. The number of halogens is 1. The van der Waals surface area contributed by atoms with Gasteiger partial charge in [-0.15, -0.1) is 11.3 Å². The van der Waals surface area contributed by atoms with Crippen LogP contribution in [0.4, 0.5) is 0 Å². The van der Waals surface area contributed by atoms with Crippen molar-refractivity contribution in [1.29, 1.82) is 0 Å². The third-order valence-electron chi connectivity index (χ3n) is 2.75. The minimum Gasteiger partial charge on any atom is -0.372 e. The maximum Gasteiger partial charge on any atom is 0.0735 e. The van der Waals surface area contributed by atoms with Crippen LogP contribution in [0, 0.1) is 6.92 Å². The van der Waals surface area contributed by atoms with E-state index in [4.69, 9.17) is 22.1 Å². The molecular weight excluding hydrogens is 266 g/mol. The summed E-state index contributed by atoms with van der Waals surface area (Å²) in [4.78, 5) is 2.47. The molecule has 0 radical (unpaired) electrons. The van der Waals surface area contributed by atoms with Gasteiger partial charge in [-0.05, 0) is 30.2 Å². The zero-order valence-electron chi connectivity index (χ0n) is 10.3. The van der Waals surface area contributed by atoms with E-state index in [1.165, 1.54) is 15.3 Å². The largest absolute Gasteiger partial charge is 0.372 e. The van der Waals surface area contributed by atoms with Gasteiger partial charge in [0.05, 0.1) is 13.2 Å². The van der Waals surface area contributed by atoms with E-state index in [9.17, 15) is 0 Å². The first kappa shape index (κ1) is 13.6. The highest BCUT2D eigenvalue weighted by molar-refractivity contribution is 7.12. The maximum absolute atomic E-state index is 6.07. The summed E-state index contributed by atoms with van der Waals surface area (Å²) in [5, 5.41) is 0.752. The first-order valence-corrected chi connectivity index (χ1v) is 6.99. The smallest absolute Gasteiger partial charge is 0.0735 e. The van der Waals surface area contributed by atoms with Gasteiger partial charge in [-0.25, -0.2) is 0 Å². The van der Waals surface area contributed by atoms with E-state index in [-0.39, 0.29) is 0 Å². The van der Waals surface area contributed by atoms with Gasteiger partial charge in [0.1, 0.15) is 0 Å². The number of ether oxygens (including phenoxy) is 1. The molecule has 0 saturated heterocycles. The molecule has 2 nitrogen and oxygen atoms in total. The van der Waals surface area contributed by atoms with Gasteiger partial charge in [-0.3, -0.25) is 0 Å². The summed E-state index contributed by atoms with van der Waals surface area (Å²) < 4.78 is 5.71. The Morgan fingerprint density at radius 2 is 1.94 bits per heavy atom. The summed E-state index contributed by atoms with van der Waals surface area (Å²) in [7, 11) is 0. The molecule has 0 spiro atoms. The van der Waals surface area contributed by atoms with Crippen molar-refractivity contribution in [2.45, 2.75) is 26.7 Å². The van der Waals surface area contributed by atoms with Gasteiger partial charge < -0.3 is 10.5 Å². The minimum absolute atomic E-state index is 0.535. The highest BCUT2D eigenvalue weighted by atomic mass is 35.5. The Bertz CT molecular complexity index is 524. The average molecular weight is 282 g/mol. The van der Waals surface area contributed by atoms with Crippen LogP contribution < -0.4 is 5.73 Å². The molecule has 96 valence electrons. The van der Waals surface area contributed by atoms with Crippen LogP contribution in [-0.4, -0.2) is 0 Å². The van der Waals surface area contributed by atoms with Crippen LogP contribution in [0.2, 0.25) is 5.02 Å². The Morgan fingerprint density at radius 3 is 2.61 bits per heavy atom. The van der Waals surface area contributed by atoms with Crippen molar-refractivity contribution in [2.24, 2.45) is 5.73 Å². The van der Waals surface area contributed by atoms with Gasteiger partial charge in [-0.2, -0.15) is 0 Å². The monoisotopic (exact) mass is 281 g/mol. The van der Waals surface area contributed by atoms with Crippen LogP contribution in [0.5, 0.6) is 0 Å². The van der Waals surface area contributed by atoms with Crippen LogP contribution in [0.15, 0.2) is 30.3 Å². The van der Waals surface area contributed by atoms with Crippen LogP contribution >= 0.6 is 22.9 Å². The molecule has 0 saturated carbocycles. The molecule has 1 heterocycles. The van der Waals surface area contributed by atoms with Gasteiger partial charge in [0, 0.05) is 21.3 Å². The van der Waals surface area contributed by atoms with Crippen LogP contribution in [0.25, 0.3) is 0 Å². The molecule has 0 aliphatic heterocycles. The van der Waals surface area contributed by atoms with E-state index in [0.29, 0.717) is 19.8 Å². The summed E-state index contributed by atoms with van der Waals surface area (Å²) in [6.45, 7) is 3.83. The molecular formula is C14H16ClNOS. The first-order chi connectivity index (χ1) is 8.70. The lowest BCUT2D eigenvalue weighted by atomic mass is 10.2. The first-order valence-electron chi connectivity index (χ1n) is 5.80. The molecule has 4 heteroatoms. The highest BCUT2D eigenvalue weighted by Crippen LogP contribution is 2.23. The zero-order chi connectivity index (χ0) is 13.0. The van der Waals surface area contributed by atoms with Crippen molar-refractivity contribution in [2.75, 3.05) is 0 Å². The Morgan fingerprint density at radius 1 is 1.22 bits per heavy atom. The Balaban J connectivity index is 1.92. The molecule has 1 aromatic heterocycles. The average Bonchev–Trinajstić information content (AvgIpc) is 2.73. The van der Waals surface area contributed by atoms with E-state index >= 15 is 0 Å². The number of thiophene rings is 1. The molecule has 0 atom stereocenters. The summed E-state index contributed by atoms with van der Waals surface area (Å²) in [5.74, 6) is 0. The Kier molecular flexibility index (Phi) is 4.78. The molecule has 0 aliphatic rings. The molecule has 0 fully saturated rings. The lowest BCUT2D eigenvalue weighted by Gasteiger charge is -2.05. The normalized spacial score (nSPS) is 10.8. The molecule has 0 bridgehead atoms. The summed E-state index contributed by atoms with van der Waals surface area (Å²) >= 11 is 7.80. The van der Waals surface area contributed by atoms with Crippen LogP contribution in [0.3, 0.4) is 0 Å². The number of hydrogen-bond donors (Lipinski definition) is 1. The molecule has 0 aliphatic carbocycles. The van der Waals surface area contributed by atoms with Crippen molar-refractivity contribution in [1.82, 2.24) is 0 Å². The third kappa shape index (κ3) is 3.33. The second kappa shape index (κ2) is 6.34. The molecule has 0 amide bonds. The number of benzene rings is 1. The van der Waals surface area contributed by atoms with E-state index in [1.54, 1.807) is 11.3 Å². The molecule has 2 N–H and O–H groups in total. The molecule has 2 rings (SSSR count). The lowest BCUT2D eigenvalue weighted by Crippen LogP contribution is -1.95. The van der Waals surface area contributed by atoms with Gasteiger partial charge in [0.2, 0.25) is 0 Å². The maximum atomic E-state index is 6.07. The van der Waals surface area contributed by atoms with E-state index in [0.717, 1.165) is 10.6 Å². The third-order valence-corrected chi connectivity index (χ3v) is 4.23. The second-order valence-electron chi connectivity index (χ2n) is 4.08. The molecule has 0 unspecified atom stereocenters. The van der Waals surface area contributed by atoms with Crippen molar-refractivity contribution in [3.8, 4) is 0 Å². The number of aryl methyl sites for hydroxylation is 1. The number of rotatable bonds is 5. The predicted octanol–water partition coefficient (Wildman–Crippen LogP) is 3.89. The number of hydrogen-bond acceptors (Lipinski definition) is 3. The van der Waals surface area contributed by atoms with E-state index < -0.39 is 0 Å². The second-order valence-corrected chi connectivity index (χ2v) is 5.83. The number of nitrogens with two attached hydrogens (primary N) is 1. The lowest BCUT2D eigenvalue weighted by molar-refractivity contribution is 0.107. The van der Waals surface area contributed by atoms with Crippen LogP contribution in [0.1, 0.15) is 20.9 Å². The van der Waals surface area contributed by atoms with Gasteiger partial charge in [0.25, 0.3) is 0 Å². The Labute approximate surface area is 116 Å². The van der Waals surface area contributed by atoms with E-state index in [2.05, 4.69) is 13.0 Å². The topological polar surface area (TPSA) is 35.2 Å². The summed E-state index contributed by atoms with van der Waals surface area (Å²) in [6, 6.07) is 9.86. The summed E-state index contributed by atoms with van der Waals surface area (Å²) in [6.07, 6.45) is 0. The molecule has 2 aromatic rings. The molecule has 1 aromatic carbocycles. The highest BCUT2D eigenvalue weighted by Gasteiger charge is 2.05. The quantitative estimate of drug-likeness (QED) is 0.902. The fraction of sp³-hybridized carbons (Fsp3) is 0.286. The standard InChI is InChI=1S/C14H16ClNOS/c1-10-12(6-13(7-16)18-10)9-17-8-11-4-2-3-5-14(11)15/h2-6H,7-9,16H2,1H3. The van der Waals surface area contributed by atoms with Crippen molar-refractivity contribution in [3.63, 3.8) is 0 Å². The SMILES string of the molecule is Cc1sc(CN)cc1COCc1ccccc1Cl. The van der Waals surface area contributed by atoms with Gasteiger partial charge in [0.15, 0.2) is 0 Å². The van der Waals surface area contributed by atoms with Gasteiger partial charge >= 0.3 is 0 Å². The van der Waals surface area contributed by atoms with Crippen LogP contribution in [-0.2, 0) is 24.5 Å². The van der Waals surface area contributed by atoms with Crippen molar-refractivity contribution in [3.05, 3.63) is 56.2 Å². The zero-order valence-corrected chi connectivity index (χ0v) is 11.9. The van der Waals surface area contributed by atoms with E-state index in [1.807, 2.05) is 24.3 Å². The summed E-state index contributed by atoms with van der Waals surface area (Å²) in [5.41, 5.74) is 7.86.